The van der Waals surface area contributed by atoms with Gasteiger partial charge < -0.3 is 9.84 Å². The minimum atomic E-state index is -0.272. The van der Waals surface area contributed by atoms with E-state index in [4.69, 9.17) is 4.74 Å². The minimum absolute atomic E-state index is 0.0154. The van der Waals surface area contributed by atoms with E-state index < -0.39 is 0 Å². The number of allylic oxidation sites excluding steroid dienone is 3. The normalized spacial score (nSPS) is 53.9. The number of carbonyl (C=O) groups is 1. The van der Waals surface area contributed by atoms with Crippen LogP contribution in [0, 0.1) is 28.6 Å². The summed E-state index contributed by atoms with van der Waals surface area (Å²) in [6, 6.07) is 0. The molecule has 1 heterocycles. The fourth-order valence-electron chi connectivity index (χ4n) is 7.44. The highest BCUT2D eigenvalue weighted by molar-refractivity contribution is 5.72. The molecule has 0 bridgehead atoms. The molecule has 3 heteroatoms. The molecule has 25 heavy (non-hydrogen) atoms. The van der Waals surface area contributed by atoms with Gasteiger partial charge in [-0.3, -0.25) is 4.79 Å². The zero-order valence-corrected chi connectivity index (χ0v) is 15.5. The quantitative estimate of drug-likeness (QED) is 0.672. The van der Waals surface area contributed by atoms with Gasteiger partial charge in [0.05, 0.1) is 6.10 Å². The third kappa shape index (κ3) is 1.94. The van der Waals surface area contributed by atoms with Crippen molar-refractivity contribution >= 4 is 5.97 Å². The number of carbonyl (C=O) groups excluding carboxylic acids is 1. The second-order valence-corrected chi connectivity index (χ2v) is 9.76. The lowest BCUT2D eigenvalue weighted by molar-refractivity contribution is -0.165. The van der Waals surface area contributed by atoms with Crippen LogP contribution in [-0.4, -0.2) is 22.8 Å². The lowest BCUT2D eigenvalue weighted by atomic mass is 9.48. The van der Waals surface area contributed by atoms with Crippen LogP contribution in [0.5, 0.6) is 0 Å². The molecule has 7 atom stereocenters. The van der Waals surface area contributed by atoms with E-state index in [9.17, 15) is 9.90 Å². The highest BCUT2D eigenvalue weighted by atomic mass is 16.6. The Bertz CT molecular complexity index is 679. The Morgan fingerprint density at radius 3 is 2.64 bits per heavy atom. The first-order chi connectivity index (χ1) is 11.9. The molecule has 1 spiro atoms. The zero-order chi connectivity index (χ0) is 17.4. The van der Waals surface area contributed by atoms with Crippen LogP contribution in [-0.2, 0) is 9.53 Å². The van der Waals surface area contributed by atoms with Crippen molar-refractivity contribution in [1.29, 1.82) is 0 Å². The number of esters is 1. The Labute approximate surface area is 150 Å². The largest absolute Gasteiger partial charge is 0.458 e. The van der Waals surface area contributed by atoms with Gasteiger partial charge in [0.2, 0.25) is 0 Å². The van der Waals surface area contributed by atoms with E-state index in [1.54, 1.807) is 0 Å². The van der Waals surface area contributed by atoms with Crippen molar-refractivity contribution < 1.29 is 14.6 Å². The van der Waals surface area contributed by atoms with Crippen molar-refractivity contribution in [2.75, 3.05) is 0 Å². The number of rotatable bonds is 0. The van der Waals surface area contributed by atoms with E-state index in [-0.39, 0.29) is 28.5 Å². The van der Waals surface area contributed by atoms with Gasteiger partial charge in [-0.05, 0) is 73.7 Å². The maximum absolute atomic E-state index is 11.9. The van der Waals surface area contributed by atoms with Gasteiger partial charge >= 0.3 is 5.97 Å². The first kappa shape index (κ1) is 16.1. The predicted octanol–water partition coefficient (Wildman–Crippen LogP) is 4.16. The van der Waals surface area contributed by atoms with E-state index in [2.05, 4.69) is 32.1 Å². The zero-order valence-electron chi connectivity index (χ0n) is 15.5. The van der Waals surface area contributed by atoms with Gasteiger partial charge in [0.25, 0.3) is 0 Å². The SMILES string of the molecule is C[C@]12CC[C@H](O)C=C1C=C[C@H]1[C@H]2CC[C@]2(C)[C@@H]1CC[C@@]21CCC(=O)O1. The van der Waals surface area contributed by atoms with Crippen LogP contribution in [0.3, 0.4) is 0 Å². The van der Waals surface area contributed by atoms with Crippen molar-refractivity contribution in [1.82, 2.24) is 0 Å². The molecule has 1 saturated heterocycles. The highest BCUT2D eigenvalue weighted by Gasteiger charge is 2.66. The first-order valence-corrected chi connectivity index (χ1v) is 10.2. The highest BCUT2D eigenvalue weighted by Crippen LogP contribution is 2.68. The number of hydrogen-bond donors (Lipinski definition) is 1. The van der Waals surface area contributed by atoms with Crippen molar-refractivity contribution in [3.8, 4) is 0 Å². The molecular formula is C22H30O3. The number of hydrogen-bond acceptors (Lipinski definition) is 3. The molecule has 0 aromatic heterocycles. The van der Waals surface area contributed by atoms with Gasteiger partial charge in [-0.2, -0.15) is 0 Å². The first-order valence-electron chi connectivity index (χ1n) is 10.2. The summed E-state index contributed by atoms with van der Waals surface area (Å²) in [5.74, 6) is 1.90. The van der Waals surface area contributed by atoms with Crippen LogP contribution in [0.4, 0.5) is 0 Å². The van der Waals surface area contributed by atoms with Gasteiger partial charge in [0, 0.05) is 11.8 Å². The van der Waals surface area contributed by atoms with E-state index >= 15 is 0 Å². The van der Waals surface area contributed by atoms with E-state index in [1.807, 2.05) is 0 Å². The fourth-order valence-corrected chi connectivity index (χ4v) is 7.44. The lowest BCUT2D eigenvalue weighted by Gasteiger charge is -2.57. The van der Waals surface area contributed by atoms with Gasteiger partial charge in [0.15, 0.2) is 0 Å². The van der Waals surface area contributed by atoms with Crippen molar-refractivity contribution in [3.63, 3.8) is 0 Å². The monoisotopic (exact) mass is 342 g/mol. The Balaban J connectivity index is 1.52. The summed E-state index contributed by atoms with van der Waals surface area (Å²) >= 11 is 0. The standard InChI is InChI=1S/C22H30O3/c1-20-9-5-15(23)13-14(20)3-4-16-17(20)6-10-21(2)18(16)7-11-22(21)12-8-19(24)25-22/h3-4,13,15-18,23H,5-12H2,1-2H3/t15-,16-,17+,18+,20-,21+,22+/m0/s1. The lowest BCUT2D eigenvalue weighted by Crippen LogP contribution is -2.53. The number of aliphatic hydroxyl groups is 1. The molecule has 3 fully saturated rings. The van der Waals surface area contributed by atoms with Crippen LogP contribution in [0.1, 0.15) is 65.2 Å². The van der Waals surface area contributed by atoms with E-state index in [0.717, 1.165) is 25.7 Å². The molecule has 5 rings (SSSR count). The second kappa shape index (κ2) is 5.00. The summed E-state index contributed by atoms with van der Waals surface area (Å²) in [5.41, 5.74) is 1.52. The minimum Gasteiger partial charge on any atom is -0.458 e. The van der Waals surface area contributed by atoms with Gasteiger partial charge in [-0.15, -0.1) is 0 Å². The molecule has 4 aliphatic carbocycles. The number of fused-ring (bicyclic) bond motifs is 6. The Morgan fingerprint density at radius 1 is 1.08 bits per heavy atom. The van der Waals surface area contributed by atoms with Gasteiger partial charge in [0.1, 0.15) is 5.60 Å². The van der Waals surface area contributed by atoms with Gasteiger partial charge in [-0.1, -0.05) is 32.1 Å². The van der Waals surface area contributed by atoms with Crippen LogP contribution >= 0.6 is 0 Å². The molecule has 0 amide bonds. The topological polar surface area (TPSA) is 46.5 Å². The van der Waals surface area contributed by atoms with Crippen molar-refractivity contribution in [3.05, 3.63) is 23.8 Å². The number of aliphatic hydroxyl groups excluding tert-OH is 1. The average Bonchev–Trinajstić information content (AvgIpc) is 3.10. The maximum Gasteiger partial charge on any atom is 0.306 e. The molecule has 0 unspecified atom stereocenters. The van der Waals surface area contributed by atoms with Crippen LogP contribution < -0.4 is 0 Å². The summed E-state index contributed by atoms with van der Waals surface area (Å²) < 4.78 is 6.00. The van der Waals surface area contributed by atoms with Crippen molar-refractivity contribution in [2.45, 2.75) is 76.9 Å². The summed E-state index contributed by atoms with van der Waals surface area (Å²) in [4.78, 5) is 11.9. The molecule has 0 radical (unpaired) electrons. The predicted molar refractivity (Wildman–Crippen MR) is 95.7 cm³/mol. The fraction of sp³-hybridized carbons (Fsp3) is 0.773. The molecule has 5 aliphatic rings. The summed E-state index contributed by atoms with van der Waals surface area (Å²) in [7, 11) is 0. The molecule has 2 saturated carbocycles. The number of ether oxygens (including phenoxy) is 1. The smallest absolute Gasteiger partial charge is 0.306 e. The summed E-state index contributed by atoms with van der Waals surface area (Å²) in [6.45, 7) is 4.83. The maximum atomic E-state index is 11.9. The van der Waals surface area contributed by atoms with Crippen LogP contribution in [0.15, 0.2) is 23.8 Å². The summed E-state index contributed by atoms with van der Waals surface area (Å²) in [6.07, 6.45) is 14.7. The molecule has 0 aromatic carbocycles. The Morgan fingerprint density at radius 2 is 1.88 bits per heavy atom. The van der Waals surface area contributed by atoms with Gasteiger partial charge in [-0.25, -0.2) is 0 Å². The Kier molecular flexibility index (Phi) is 3.22. The third-order valence-corrected chi connectivity index (χ3v) is 8.97. The Hall–Kier alpha value is -1.09. The van der Waals surface area contributed by atoms with Crippen LogP contribution in [0.25, 0.3) is 0 Å². The average molecular weight is 342 g/mol. The molecule has 1 aliphatic heterocycles. The third-order valence-electron chi connectivity index (χ3n) is 8.97. The molecular weight excluding hydrogens is 312 g/mol. The van der Waals surface area contributed by atoms with Crippen LogP contribution in [0.2, 0.25) is 0 Å². The molecule has 136 valence electrons. The molecule has 0 aromatic rings. The van der Waals surface area contributed by atoms with E-state index in [1.165, 1.54) is 24.8 Å². The summed E-state index contributed by atoms with van der Waals surface area (Å²) in [5, 5.41) is 10.1. The second-order valence-electron chi connectivity index (χ2n) is 9.76. The van der Waals surface area contributed by atoms with Crippen molar-refractivity contribution in [2.24, 2.45) is 28.6 Å². The molecule has 1 N–H and O–H groups in total. The molecule has 3 nitrogen and oxygen atoms in total. The van der Waals surface area contributed by atoms with E-state index in [0.29, 0.717) is 24.2 Å².